The van der Waals surface area contributed by atoms with Crippen LogP contribution in [-0.4, -0.2) is 34.4 Å². The van der Waals surface area contributed by atoms with Gasteiger partial charge in [0.2, 0.25) is 5.75 Å². The Hall–Kier alpha value is -2.89. The first kappa shape index (κ1) is 17.0. The number of ether oxygens (including phenoxy) is 5. The fourth-order valence-electron chi connectivity index (χ4n) is 3.02. The van der Waals surface area contributed by atoms with Crippen LogP contribution in [0.2, 0.25) is 0 Å². The van der Waals surface area contributed by atoms with Gasteiger partial charge in [0.05, 0.1) is 28.4 Å². The molecule has 6 heteroatoms. The van der Waals surface area contributed by atoms with E-state index in [1.165, 1.54) is 14.2 Å². The van der Waals surface area contributed by atoms with Gasteiger partial charge in [0.1, 0.15) is 17.4 Å². The molecule has 2 aromatic rings. The second-order valence-corrected chi connectivity index (χ2v) is 5.56. The minimum Gasteiger partial charge on any atom is -0.497 e. The van der Waals surface area contributed by atoms with Crippen molar-refractivity contribution in [2.45, 2.75) is 12.5 Å². The Morgan fingerprint density at radius 2 is 1.60 bits per heavy atom. The zero-order valence-corrected chi connectivity index (χ0v) is 14.6. The summed E-state index contributed by atoms with van der Waals surface area (Å²) in [6.07, 6.45) is 0.131. The molecule has 0 radical (unpaired) electrons. The average Bonchev–Trinajstić information content (AvgIpc) is 2.95. The minimum atomic E-state index is -0.425. The number of hydrogen-bond donors (Lipinski definition) is 0. The van der Waals surface area contributed by atoms with Crippen LogP contribution in [0.15, 0.2) is 30.3 Å². The minimum absolute atomic E-state index is 0.332. The van der Waals surface area contributed by atoms with Crippen molar-refractivity contribution >= 4 is 5.97 Å². The van der Waals surface area contributed by atoms with Gasteiger partial charge in [0.25, 0.3) is 0 Å². The van der Waals surface area contributed by atoms with Gasteiger partial charge in [-0.25, -0.2) is 4.79 Å². The molecule has 132 valence electrons. The first-order valence-corrected chi connectivity index (χ1v) is 7.79. The third kappa shape index (κ3) is 2.95. The highest BCUT2D eigenvalue weighted by Crippen LogP contribution is 2.48. The van der Waals surface area contributed by atoms with Gasteiger partial charge < -0.3 is 23.7 Å². The quantitative estimate of drug-likeness (QED) is 0.750. The lowest BCUT2D eigenvalue weighted by atomic mass is 9.97. The Bertz CT molecular complexity index is 781. The van der Waals surface area contributed by atoms with Crippen LogP contribution >= 0.6 is 0 Å². The molecule has 6 nitrogen and oxygen atoms in total. The molecule has 0 saturated carbocycles. The third-order valence-corrected chi connectivity index (χ3v) is 4.24. The van der Waals surface area contributed by atoms with Crippen molar-refractivity contribution in [3.8, 4) is 23.0 Å². The highest BCUT2D eigenvalue weighted by Gasteiger charge is 2.37. The molecule has 0 aliphatic carbocycles. The normalized spacial score (nSPS) is 15.4. The maximum absolute atomic E-state index is 12.4. The fourth-order valence-corrected chi connectivity index (χ4v) is 3.02. The second kappa shape index (κ2) is 6.93. The van der Waals surface area contributed by atoms with Crippen LogP contribution in [0, 0.1) is 0 Å². The molecule has 0 unspecified atom stereocenters. The third-order valence-electron chi connectivity index (χ3n) is 4.24. The number of benzene rings is 2. The van der Waals surface area contributed by atoms with Crippen LogP contribution in [0.1, 0.15) is 27.6 Å². The predicted molar refractivity (Wildman–Crippen MR) is 91.0 cm³/mol. The highest BCUT2D eigenvalue weighted by molar-refractivity contribution is 5.98. The highest BCUT2D eigenvalue weighted by atomic mass is 16.6. The molecule has 0 spiro atoms. The van der Waals surface area contributed by atoms with Crippen molar-refractivity contribution in [2.75, 3.05) is 28.4 Å². The van der Waals surface area contributed by atoms with Crippen LogP contribution in [-0.2, 0) is 11.2 Å². The molecule has 2 aromatic carbocycles. The Labute approximate surface area is 146 Å². The summed E-state index contributed by atoms with van der Waals surface area (Å²) in [5.41, 5.74) is 2.15. The maximum atomic E-state index is 12.4. The monoisotopic (exact) mass is 344 g/mol. The first-order valence-electron chi connectivity index (χ1n) is 7.79. The molecule has 0 saturated heterocycles. The summed E-state index contributed by atoms with van der Waals surface area (Å²) >= 11 is 0. The summed E-state index contributed by atoms with van der Waals surface area (Å²) in [7, 11) is 6.15. The van der Waals surface area contributed by atoms with E-state index in [0.717, 1.165) is 16.9 Å². The molecule has 0 fully saturated rings. The SMILES string of the molecule is COc1ccc(C[C@H]2OC(=O)c3c2cc(OC)c(OC)c3OC)cc1. The van der Waals surface area contributed by atoms with Gasteiger partial charge in [-0.3, -0.25) is 0 Å². The Balaban J connectivity index is 2.00. The van der Waals surface area contributed by atoms with E-state index in [0.29, 0.717) is 29.2 Å². The number of carbonyl (C=O) groups excluding carboxylic acids is 1. The fraction of sp³-hybridized carbons (Fsp3) is 0.316. The number of methoxy groups -OCH3 is 4. The van der Waals surface area contributed by atoms with E-state index in [9.17, 15) is 4.79 Å². The zero-order valence-electron chi connectivity index (χ0n) is 14.6. The lowest BCUT2D eigenvalue weighted by molar-refractivity contribution is 0.0385. The molecular weight excluding hydrogens is 324 g/mol. The van der Waals surface area contributed by atoms with E-state index in [1.807, 2.05) is 24.3 Å². The van der Waals surface area contributed by atoms with Gasteiger partial charge in [-0.1, -0.05) is 12.1 Å². The van der Waals surface area contributed by atoms with Gasteiger partial charge in [0.15, 0.2) is 11.5 Å². The first-order chi connectivity index (χ1) is 12.1. The van der Waals surface area contributed by atoms with Crippen LogP contribution in [0.4, 0.5) is 0 Å². The van der Waals surface area contributed by atoms with Crippen LogP contribution in [0.25, 0.3) is 0 Å². The standard InChI is InChI=1S/C19H20O6/c1-21-12-7-5-11(6-8-12)9-14-13-10-15(22-2)17(23-3)18(24-4)16(13)19(20)25-14/h5-8,10,14H,9H2,1-4H3/t14-/m1/s1. The summed E-state index contributed by atoms with van der Waals surface area (Å²) in [6.45, 7) is 0. The second-order valence-electron chi connectivity index (χ2n) is 5.56. The van der Waals surface area contributed by atoms with E-state index < -0.39 is 12.1 Å². The van der Waals surface area contributed by atoms with E-state index in [2.05, 4.69) is 0 Å². The predicted octanol–water partition coefficient (Wildman–Crippen LogP) is 3.18. The van der Waals surface area contributed by atoms with Crippen LogP contribution in [0.5, 0.6) is 23.0 Å². The van der Waals surface area contributed by atoms with E-state index in [-0.39, 0.29) is 0 Å². The smallest absolute Gasteiger partial charge is 0.343 e. The number of rotatable bonds is 6. The van der Waals surface area contributed by atoms with E-state index in [1.54, 1.807) is 20.3 Å². The lowest BCUT2D eigenvalue weighted by Crippen LogP contribution is -2.03. The van der Waals surface area contributed by atoms with Gasteiger partial charge in [0, 0.05) is 12.0 Å². The van der Waals surface area contributed by atoms with Crippen molar-refractivity contribution in [1.82, 2.24) is 0 Å². The summed E-state index contributed by atoms with van der Waals surface area (Å²) in [5, 5.41) is 0. The van der Waals surface area contributed by atoms with Gasteiger partial charge in [-0.2, -0.15) is 0 Å². The number of carbonyl (C=O) groups is 1. The Morgan fingerprint density at radius 1 is 0.920 bits per heavy atom. The maximum Gasteiger partial charge on any atom is 0.343 e. The zero-order chi connectivity index (χ0) is 18.0. The summed E-state index contributed by atoms with van der Waals surface area (Å²) < 4.78 is 26.9. The van der Waals surface area contributed by atoms with Crippen molar-refractivity contribution in [2.24, 2.45) is 0 Å². The van der Waals surface area contributed by atoms with E-state index >= 15 is 0 Å². The topological polar surface area (TPSA) is 63.2 Å². The van der Waals surface area contributed by atoms with Gasteiger partial charge in [-0.05, 0) is 23.8 Å². The molecular formula is C19H20O6. The summed E-state index contributed by atoms with van der Waals surface area (Å²) in [5.74, 6) is 1.56. The van der Waals surface area contributed by atoms with Gasteiger partial charge >= 0.3 is 5.97 Å². The van der Waals surface area contributed by atoms with Crippen molar-refractivity contribution in [3.63, 3.8) is 0 Å². The van der Waals surface area contributed by atoms with Crippen molar-refractivity contribution in [1.29, 1.82) is 0 Å². The van der Waals surface area contributed by atoms with E-state index in [4.69, 9.17) is 23.7 Å². The number of fused-ring (bicyclic) bond motifs is 1. The summed E-state index contributed by atoms with van der Waals surface area (Å²) in [6, 6.07) is 9.42. The molecule has 0 bridgehead atoms. The van der Waals surface area contributed by atoms with Crippen LogP contribution in [0.3, 0.4) is 0 Å². The molecule has 1 atom stereocenters. The molecule has 3 rings (SSSR count). The number of hydrogen-bond acceptors (Lipinski definition) is 6. The van der Waals surface area contributed by atoms with Crippen molar-refractivity contribution in [3.05, 3.63) is 47.0 Å². The average molecular weight is 344 g/mol. The number of esters is 1. The molecule has 25 heavy (non-hydrogen) atoms. The molecule has 1 aliphatic heterocycles. The molecule has 0 aromatic heterocycles. The Morgan fingerprint density at radius 3 is 2.16 bits per heavy atom. The van der Waals surface area contributed by atoms with Crippen LogP contribution < -0.4 is 18.9 Å². The van der Waals surface area contributed by atoms with Gasteiger partial charge in [-0.15, -0.1) is 0 Å². The molecule has 1 heterocycles. The summed E-state index contributed by atoms with van der Waals surface area (Å²) in [4.78, 5) is 12.4. The molecule has 1 aliphatic rings. The lowest BCUT2D eigenvalue weighted by Gasteiger charge is -2.16. The number of cyclic esters (lactones) is 1. The molecule has 0 N–H and O–H groups in total. The largest absolute Gasteiger partial charge is 0.497 e. The molecule has 0 amide bonds. The van der Waals surface area contributed by atoms with Crippen molar-refractivity contribution < 1.29 is 28.5 Å². The Kier molecular flexibility index (Phi) is 4.70.